The summed E-state index contributed by atoms with van der Waals surface area (Å²) in [6.45, 7) is 3.10. The average Bonchev–Trinajstić information content (AvgIpc) is 3.55. The number of nitrogens with one attached hydrogen (secondary N) is 1. The van der Waals surface area contributed by atoms with Crippen molar-refractivity contribution in [3.63, 3.8) is 0 Å². The number of hydrogen-bond donors (Lipinski definition) is 1. The topological polar surface area (TPSA) is 78.4 Å². The number of amides is 2. The third-order valence-electron chi connectivity index (χ3n) is 6.46. The number of piperidine rings is 1. The van der Waals surface area contributed by atoms with E-state index in [-0.39, 0.29) is 17.9 Å². The van der Waals surface area contributed by atoms with Crippen molar-refractivity contribution in [3.8, 4) is 0 Å². The molecule has 0 saturated carbocycles. The minimum atomic E-state index is -0.00561. The molecule has 0 spiro atoms. The van der Waals surface area contributed by atoms with Crippen LogP contribution in [-0.4, -0.2) is 59.1 Å². The molecular formula is C25H27N5O2S. The molecule has 1 N–H and O–H groups in total. The first kappa shape index (κ1) is 21.6. The Bertz CT molecular complexity index is 1100. The van der Waals surface area contributed by atoms with Gasteiger partial charge in [-0.15, -0.1) is 16.4 Å². The van der Waals surface area contributed by atoms with Gasteiger partial charge in [0, 0.05) is 48.9 Å². The van der Waals surface area contributed by atoms with Gasteiger partial charge in [-0.1, -0.05) is 18.2 Å². The second-order valence-corrected chi connectivity index (χ2v) is 9.74. The zero-order chi connectivity index (χ0) is 22.6. The number of likely N-dealkylation sites (tertiary alicyclic amines) is 1. The first-order chi connectivity index (χ1) is 16.2. The van der Waals surface area contributed by atoms with Crippen LogP contribution in [0.5, 0.6) is 0 Å². The minimum Gasteiger partial charge on any atom is -0.353 e. The third-order valence-corrected chi connectivity index (χ3v) is 7.71. The summed E-state index contributed by atoms with van der Waals surface area (Å²) >= 11 is 1.58. The summed E-state index contributed by atoms with van der Waals surface area (Å²) in [7, 11) is 0. The molecule has 2 aliphatic rings. The lowest BCUT2D eigenvalue weighted by molar-refractivity contribution is 0.0713. The van der Waals surface area contributed by atoms with Gasteiger partial charge in [0.15, 0.2) is 5.82 Å². The van der Waals surface area contributed by atoms with Gasteiger partial charge in [0.05, 0.1) is 4.88 Å². The molecule has 0 aliphatic carbocycles. The molecule has 0 radical (unpaired) electrons. The van der Waals surface area contributed by atoms with Crippen molar-refractivity contribution >= 4 is 29.0 Å². The van der Waals surface area contributed by atoms with E-state index in [2.05, 4.69) is 26.5 Å². The van der Waals surface area contributed by atoms with Crippen LogP contribution in [0, 0.1) is 0 Å². The molecule has 2 aliphatic heterocycles. The molecule has 170 valence electrons. The Morgan fingerprint density at radius 3 is 2.52 bits per heavy atom. The van der Waals surface area contributed by atoms with E-state index in [0.717, 1.165) is 61.7 Å². The number of benzene rings is 1. The molecule has 1 atom stereocenters. The fourth-order valence-electron chi connectivity index (χ4n) is 4.63. The van der Waals surface area contributed by atoms with Crippen LogP contribution in [0.2, 0.25) is 0 Å². The number of hydrogen-bond acceptors (Lipinski definition) is 6. The van der Waals surface area contributed by atoms with Crippen molar-refractivity contribution in [1.29, 1.82) is 0 Å². The van der Waals surface area contributed by atoms with Crippen LogP contribution in [-0.2, 0) is 0 Å². The molecule has 2 amide bonds. The Labute approximate surface area is 197 Å². The van der Waals surface area contributed by atoms with Crippen LogP contribution in [0.3, 0.4) is 0 Å². The maximum absolute atomic E-state index is 12.8. The smallest absolute Gasteiger partial charge is 0.261 e. The Balaban J connectivity index is 1.13. The number of aromatic nitrogens is 2. The quantitative estimate of drug-likeness (QED) is 0.629. The fraction of sp³-hybridized carbons (Fsp3) is 0.360. The van der Waals surface area contributed by atoms with Gasteiger partial charge in [-0.3, -0.25) is 9.59 Å². The molecule has 3 aromatic rings. The molecule has 1 aromatic carbocycles. The van der Waals surface area contributed by atoms with Gasteiger partial charge in [0.2, 0.25) is 0 Å². The summed E-state index contributed by atoms with van der Waals surface area (Å²) in [6.07, 6.45) is 4.42. The number of carbonyl (C=O) groups excluding carboxylic acids is 2. The molecule has 8 heteroatoms. The lowest BCUT2D eigenvalue weighted by atomic mass is 9.95. The molecule has 4 heterocycles. The van der Waals surface area contributed by atoms with Gasteiger partial charge in [-0.25, -0.2) is 0 Å². The summed E-state index contributed by atoms with van der Waals surface area (Å²) in [5.41, 5.74) is 0.746. The van der Waals surface area contributed by atoms with Gasteiger partial charge in [-0.05, 0) is 61.6 Å². The molecule has 1 unspecified atom stereocenters. The molecule has 2 aromatic heterocycles. The normalized spacial score (nSPS) is 19.0. The largest absolute Gasteiger partial charge is 0.353 e. The zero-order valence-electron chi connectivity index (χ0n) is 18.4. The summed E-state index contributed by atoms with van der Waals surface area (Å²) in [6, 6.07) is 17.4. The van der Waals surface area contributed by atoms with E-state index in [1.165, 1.54) is 4.88 Å². The van der Waals surface area contributed by atoms with Gasteiger partial charge in [0.25, 0.3) is 11.8 Å². The van der Waals surface area contributed by atoms with Crippen LogP contribution in [0.25, 0.3) is 0 Å². The van der Waals surface area contributed by atoms with Crippen LogP contribution in [0.15, 0.2) is 60.8 Å². The van der Waals surface area contributed by atoms with Crippen molar-refractivity contribution in [3.05, 3.63) is 76.1 Å². The average molecular weight is 462 g/mol. The van der Waals surface area contributed by atoms with E-state index in [1.807, 2.05) is 53.4 Å². The van der Waals surface area contributed by atoms with E-state index in [0.29, 0.717) is 5.92 Å². The van der Waals surface area contributed by atoms with Crippen LogP contribution >= 0.6 is 11.3 Å². The Morgan fingerprint density at radius 1 is 0.939 bits per heavy atom. The third kappa shape index (κ3) is 4.90. The standard InChI is InChI=1S/C25H27N5O2S/c31-24(27-20-12-16-30(17-20)23-7-4-13-26-28-23)22-9-8-21(33-22)18-10-14-29(15-11-18)25(32)19-5-2-1-3-6-19/h1-9,13,18,20H,10-12,14-17H2,(H,27,31). The summed E-state index contributed by atoms with van der Waals surface area (Å²) in [4.78, 5) is 31.6. The first-order valence-corrected chi connectivity index (χ1v) is 12.3. The van der Waals surface area contributed by atoms with Crippen molar-refractivity contribution in [2.75, 3.05) is 31.1 Å². The molecule has 5 rings (SSSR count). The Hall–Kier alpha value is -3.26. The van der Waals surface area contributed by atoms with Gasteiger partial charge < -0.3 is 15.1 Å². The second-order valence-electron chi connectivity index (χ2n) is 8.62. The SMILES string of the molecule is O=C(NC1CCN(c2cccnn2)C1)c1ccc(C2CCN(C(=O)c3ccccc3)CC2)s1. The summed E-state index contributed by atoms with van der Waals surface area (Å²) in [5.74, 6) is 1.35. The number of carbonyl (C=O) groups is 2. The number of rotatable bonds is 5. The Kier molecular flexibility index (Phi) is 6.35. The summed E-state index contributed by atoms with van der Waals surface area (Å²) in [5, 5.41) is 11.3. The molecular weight excluding hydrogens is 434 g/mol. The van der Waals surface area contributed by atoms with Crippen molar-refractivity contribution in [2.45, 2.75) is 31.2 Å². The van der Waals surface area contributed by atoms with Gasteiger partial charge >= 0.3 is 0 Å². The highest BCUT2D eigenvalue weighted by atomic mass is 32.1. The monoisotopic (exact) mass is 461 g/mol. The maximum Gasteiger partial charge on any atom is 0.261 e. The Morgan fingerprint density at radius 2 is 1.76 bits per heavy atom. The summed E-state index contributed by atoms with van der Waals surface area (Å²) < 4.78 is 0. The fourth-order valence-corrected chi connectivity index (χ4v) is 5.71. The minimum absolute atomic E-state index is 0.00561. The van der Waals surface area contributed by atoms with Crippen LogP contribution < -0.4 is 10.2 Å². The second kappa shape index (κ2) is 9.70. The highest BCUT2D eigenvalue weighted by Crippen LogP contribution is 2.33. The van der Waals surface area contributed by atoms with Crippen molar-refractivity contribution < 1.29 is 9.59 Å². The van der Waals surface area contributed by atoms with Crippen LogP contribution in [0.4, 0.5) is 5.82 Å². The molecule has 2 saturated heterocycles. The predicted octanol–water partition coefficient (Wildman–Crippen LogP) is 3.57. The highest BCUT2D eigenvalue weighted by Gasteiger charge is 2.28. The number of anilines is 1. The van der Waals surface area contributed by atoms with E-state index < -0.39 is 0 Å². The maximum atomic E-state index is 12.8. The van der Waals surface area contributed by atoms with E-state index in [9.17, 15) is 9.59 Å². The highest BCUT2D eigenvalue weighted by molar-refractivity contribution is 7.14. The molecule has 2 fully saturated rings. The van der Waals surface area contributed by atoms with E-state index in [1.54, 1.807) is 17.5 Å². The molecule has 33 heavy (non-hydrogen) atoms. The molecule has 0 bridgehead atoms. The predicted molar refractivity (Wildman–Crippen MR) is 129 cm³/mol. The zero-order valence-corrected chi connectivity index (χ0v) is 19.2. The first-order valence-electron chi connectivity index (χ1n) is 11.4. The van der Waals surface area contributed by atoms with E-state index in [4.69, 9.17) is 0 Å². The van der Waals surface area contributed by atoms with Crippen molar-refractivity contribution in [2.24, 2.45) is 0 Å². The van der Waals surface area contributed by atoms with Crippen LogP contribution in [0.1, 0.15) is 50.1 Å². The van der Waals surface area contributed by atoms with Gasteiger partial charge in [0.1, 0.15) is 0 Å². The lowest BCUT2D eigenvalue weighted by Gasteiger charge is -2.31. The van der Waals surface area contributed by atoms with Crippen molar-refractivity contribution in [1.82, 2.24) is 20.4 Å². The lowest BCUT2D eigenvalue weighted by Crippen LogP contribution is -2.37. The number of thiophene rings is 1. The van der Waals surface area contributed by atoms with E-state index >= 15 is 0 Å². The molecule has 7 nitrogen and oxygen atoms in total. The van der Waals surface area contributed by atoms with Gasteiger partial charge in [-0.2, -0.15) is 5.10 Å². The number of nitrogens with zero attached hydrogens (tertiary/aromatic N) is 4.